The summed E-state index contributed by atoms with van der Waals surface area (Å²) in [5.41, 5.74) is 0. The van der Waals surface area contributed by atoms with E-state index in [2.05, 4.69) is 9.05 Å². The molecule has 0 unspecified atom stereocenters. The molecule has 0 aliphatic rings. The van der Waals surface area contributed by atoms with Gasteiger partial charge in [-0.05, 0) is 0 Å². The minimum atomic E-state index is -5.62. The Labute approximate surface area is 98.9 Å². The Bertz CT molecular complexity index is 341. The molecular weight excluding hydrogens is 246 g/mol. The van der Waals surface area contributed by atoms with E-state index in [0.29, 0.717) is 0 Å². The molecule has 0 atom stereocenters. The first-order chi connectivity index (χ1) is 6.65. The summed E-state index contributed by atoms with van der Waals surface area (Å²) in [5, 5.41) is 15.8. The summed E-state index contributed by atoms with van der Waals surface area (Å²) in [4.78, 5) is 50.4. The van der Waals surface area contributed by atoms with E-state index in [0.717, 1.165) is 0 Å². The maximum Gasteiger partial charge on any atom is 1.00 e. The Balaban J connectivity index is 0. The van der Waals surface area contributed by atoms with Crippen LogP contribution in [0.5, 0.6) is 0 Å². The molecule has 0 aliphatic carbocycles. The quantitative estimate of drug-likeness (QED) is 0.273. The molecule has 0 saturated carbocycles. The SMILES string of the molecule is O=C(O)C(=O)OP(=O)([O-])OC(=O)C(=O)O.[Li+]. The van der Waals surface area contributed by atoms with Crippen molar-refractivity contribution < 1.29 is 66.8 Å². The first-order valence-electron chi connectivity index (χ1n) is 2.90. The van der Waals surface area contributed by atoms with Gasteiger partial charge in [-0.3, -0.25) is 0 Å². The number of hydrogen-bond donors (Lipinski definition) is 2. The third kappa shape index (κ3) is 6.21. The van der Waals surface area contributed by atoms with E-state index < -0.39 is 31.7 Å². The summed E-state index contributed by atoms with van der Waals surface area (Å²) < 4.78 is 16.8. The van der Waals surface area contributed by atoms with Crippen LogP contribution in [-0.4, -0.2) is 34.1 Å². The van der Waals surface area contributed by atoms with E-state index in [9.17, 15) is 28.6 Å². The zero-order valence-corrected chi connectivity index (χ0v) is 8.50. The zero-order valence-electron chi connectivity index (χ0n) is 7.61. The predicted molar refractivity (Wildman–Crippen MR) is 35.1 cm³/mol. The fourth-order valence-corrected chi connectivity index (χ4v) is 0.899. The van der Waals surface area contributed by atoms with Gasteiger partial charge in [0.1, 0.15) is 0 Å². The Morgan fingerprint density at radius 1 is 0.938 bits per heavy atom. The molecule has 0 aromatic heterocycles. The van der Waals surface area contributed by atoms with E-state index in [4.69, 9.17) is 10.2 Å². The molecule has 84 valence electrons. The van der Waals surface area contributed by atoms with Gasteiger partial charge in [-0.25, -0.2) is 23.7 Å². The van der Waals surface area contributed by atoms with Crippen LogP contribution in [0.3, 0.4) is 0 Å². The normalized spacial score (nSPS) is 9.56. The van der Waals surface area contributed by atoms with Gasteiger partial charge >= 0.3 is 50.6 Å². The molecule has 10 nitrogen and oxygen atoms in total. The standard InChI is InChI=1S/C4H3O10P.Li/c5-1(6)3(9)13-15(11,12)14-4(10)2(7)8;/h(H,5,6)(H,7,8)(H,11,12);/q;+1/p-1. The topological polar surface area (TPSA) is 167 Å². The van der Waals surface area contributed by atoms with Gasteiger partial charge in [0.15, 0.2) is 0 Å². The van der Waals surface area contributed by atoms with Crippen molar-refractivity contribution in [1.82, 2.24) is 0 Å². The maximum absolute atomic E-state index is 10.5. The molecule has 0 spiro atoms. The molecule has 0 fully saturated rings. The van der Waals surface area contributed by atoms with Gasteiger partial charge in [0, 0.05) is 0 Å². The van der Waals surface area contributed by atoms with Crippen molar-refractivity contribution in [3.63, 3.8) is 0 Å². The van der Waals surface area contributed by atoms with Gasteiger partial charge in [-0.15, -0.1) is 0 Å². The third-order valence-electron chi connectivity index (χ3n) is 0.739. The van der Waals surface area contributed by atoms with Gasteiger partial charge in [-0.1, -0.05) is 0 Å². The van der Waals surface area contributed by atoms with Crippen molar-refractivity contribution in [2.75, 3.05) is 0 Å². The molecule has 0 aromatic carbocycles. The molecule has 16 heavy (non-hydrogen) atoms. The number of phosphoric acid groups is 1. The molecular formula is C4H2LiO10P. The number of aliphatic carboxylic acids is 2. The summed E-state index contributed by atoms with van der Waals surface area (Å²) in [6.45, 7) is 0. The van der Waals surface area contributed by atoms with E-state index in [1.165, 1.54) is 0 Å². The monoisotopic (exact) mass is 248 g/mol. The van der Waals surface area contributed by atoms with Gasteiger partial charge in [0.25, 0.3) is 0 Å². The molecule has 0 aliphatic heterocycles. The van der Waals surface area contributed by atoms with Crippen LogP contribution >= 0.6 is 7.82 Å². The van der Waals surface area contributed by atoms with E-state index in [1.54, 1.807) is 0 Å². The molecule has 12 heteroatoms. The minimum absolute atomic E-state index is 0. The van der Waals surface area contributed by atoms with E-state index in [1.807, 2.05) is 0 Å². The Morgan fingerprint density at radius 3 is 1.38 bits per heavy atom. The Morgan fingerprint density at radius 2 is 1.19 bits per heavy atom. The van der Waals surface area contributed by atoms with Crippen LogP contribution < -0.4 is 23.8 Å². The second-order valence-corrected chi connectivity index (χ2v) is 3.07. The summed E-state index contributed by atoms with van der Waals surface area (Å²) in [7, 11) is -5.62. The van der Waals surface area contributed by atoms with Crippen molar-refractivity contribution in [2.24, 2.45) is 0 Å². The van der Waals surface area contributed by atoms with Gasteiger partial charge in [0.05, 0.1) is 0 Å². The summed E-state index contributed by atoms with van der Waals surface area (Å²) in [6, 6.07) is 0. The van der Waals surface area contributed by atoms with Crippen LogP contribution in [0.1, 0.15) is 0 Å². The fraction of sp³-hybridized carbons (Fsp3) is 0. The first kappa shape index (κ1) is 17.1. The van der Waals surface area contributed by atoms with Crippen LogP contribution in [0, 0.1) is 0 Å². The van der Waals surface area contributed by atoms with E-state index in [-0.39, 0.29) is 18.9 Å². The third-order valence-corrected chi connectivity index (χ3v) is 1.52. The number of phosphoric ester groups is 1. The van der Waals surface area contributed by atoms with Crippen LogP contribution in [0.15, 0.2) is 0 Å². The molecule has 0 bridgehead atoms. The van der Waals surface area contributed by atoms with Crippen molar-refractivity contribution in [1.29, 1.82) is 0 Å². The molecule has 0 saturated heterocycles. The summed E-state index contributed by atoms with van der Waals surface area (Å²) in [6.07, 6.45) is 0. The number of carbonyl (C=O) groups excluding carboxylic acids is 2. The second-order valence-electron chi connectivity index (χ2n) is 1.82. The molecule has 2 N–H and O–H groups in total. The predicted octanol–water partition coefficient (Wildman–Crippen LogP) is -5.29. The molecule has 0 rings (SSSR count). The first-order valence-corrected chi connectivity index (χ1v) is 4.36. The number of carboxylic acid groups (broad SMARTS) is 2. The van der Waals surface area contributed by atoms with Gasteiger partial charge < -0.3 is 24.2 Å². The summed E-state index contributed by atoms with van der Waals surface area (Å²) in [5.74, 6) is -8.96. The van der Waals surface area contributed by atoms with E-state index >= 15 is 0 Å². The van der Waals surface area contributed by atoms with Gasteiger partial charge in [0.2, 0.25) is 0 Å². The molecule has 0 aromatic rings. The maximum atomic E-state index is 10.5. The van der Waals surface area contributed by atoms with Crippen LogP contribution in [0.25, 0.3) is 0 Å². The van der Waals surface area contributed by atoms with Crippen molar-refractivity contribution in [2.45, 2.75) is 0 Å². The molecule has 0 radical (unpaired) electrons. The van der Waals surface area contributed by atoms with Crippen molar-refractivity contribution >= 4 is 31.7 Å². The number of carbonyl (C=O) groups is 4. The second kappa shape index (κ2) is 6.29. The van der Waals surface area contributed by atoms with Crippen LogP contribution in [0.2, 0.25) is 0 Å². The van der Waals surface area contributed by atoms with Crippen molar-refractivity contribution in [3.05, 3.63) is 0 Å². The molecule has 0 amide bonds. The van der Waals surface area contributed by atoms with Crippen LogP contribution in [0.4, 0.5) is 0 Å². The average Bonchev–Trinajstić information content (AvgIpc) is 2.01. The zero-order chi connectivity index (χ0) is 12.2. The number of rotatable bonds is 2. The summed E-state index contributed by atoms with van der Waals surface area (Å²) >= 11 is 0. The average molecular weight is 248 g/mol. The largest absolute Gasteiger partial charge is 1.00 e. The van der Waals surface area contributed by atoms with Crippen molar-refractivity contribution in [3.8, 4) is 0 Å². The Kier molecular flexibility index (Phi) is 6.72. The fourth-order valence-electron chi connectivity index (χ4n) is 0.300. The molecule has 0 heterocycles. The number of carboxylic acids is 2. The Hall–Kier alpha value is -1.33. The van der Waals surface area contributed by atoms with Gasteiger partial charge in [-0.2, -0.15) is 0 Å². The van der Waals surface area contributed by atoms with Crippen LogP contribution in [-0.2, 0) is 32.8 Å². The smallest absolute Gasteiger partial charge is 0.736 e. The number of hydrogen-bond acceptors (Lipinski definition) is 8. The minimum Gasteiger partial charge on any atom is -0.736 e.